The standard InChI is InChI=1S/C12H16O2S/c1-10(14-11(2)13)8-15-9-12-6-4-3-5-7-12/h3-7,10H,8-9H2,1-2H3. The zero-order valence-corrected chi connectivity index (χ0v) is 9.92. The van der Waals surface area contributed by atoms with Crippen molar-refractivity contribution in [3.05, 3.63) is 35.9 Å². The average Bonchev–Trinajstić information content (AvgIpc) is 2.18. The number of esters is 1. The predicted molar refractivity (Wildman–Crippen MR) is 63.8 cm³/mol. The van der Waals surface area contributed by atoms with E-state index < -0.39 is 0 Å². The Morgan fingerprint density at radius 1 is 1.40 bits per heavy atom. The van der Waals surface area contributed by atoms with Crippen LogP contribution in [0.4, 0.5) is 0 Å². The summed E-state index contributed by atoms with van der Waals surface area (Å²) in [5, 5.41) is 0. The smallest absolute Gasteiger partial charge is 0.302 e. The van der Waals surface area contributed by atoms with Gasteiger partial charge < -0.3 is 4.74 Å². The van der Waals surface area contributed by atoms with Gasteiger partial charge >= 0.3 is 5.97 Å². The van der Waals surface area contributed by atoms with Gasteiger partial charge in [-0.1, -0.05) is 30.3 Å². The van der Waals surface area contributed by atoms with Gasteiger partial charge in [0, 0.05) is 18.4 Å². The van der Waals surface area contributed by atoms with E-state index >= 15 is 0 Å². The molecule has 0 radical (unpaired) electrons. The molecule has 1 aromatic rings. The summed E-state index contributed by atoms with van der Waals surface area (Å²) in [5.74, 6) is 1.60. The predicted octanol–water partition coefficient (Wildman–Crippen LogP) is 2.87. The molecular weight excluding hydrogens is 208 g/mol. The molecule has 0 aliphatic heterocycles. The largest absolute Gasteiger partial charge is 0.462 e. The highest BCUT2D eigenvalue weighted by molar-refractivity contribution is 7.98. The molecule has 1 unspecified atom stereocenters. The summed E-state index contributed by atoms with van der Waals surface area (Å²) in [6.45, 7) is 3.36. The molecule has 0 aromatic heterocycles. The first-order valence-electron chi connectivity index (χ1n) is 4.97. The van der Waals surface area contributed by atoms with Crippen LogP contribution in [0.15, 0.2) is 30.3 Å². The molecule has 0 aliphatic carbocycles. The first-order valence-corrected chi connectivity index (χ1v) is 6.13. The maximum Gasteiger partial charge on any atom is 0.302 e. The number of hydrogen-bond donors (Lipinski definition) is 0. The van der Waals surface area contributed by atoms with Gasteiger partial charge in [-0.05, 0) is 12.5 Å². The van der Waals surface area contributed by atoms with Crippen molar-refractivity contribution in [2.24, 2.45) is 0 Å². The minimum Gasteiger partial charge on any atom is -0.462 e. The van der Waals surface area contributed by atoms with Crippen LogP contribution in [0.25, 0.3) is 0 Å². The molecule has 0 saturated heterocycles. The second-order valence-electron chi connectivity index (χ2n) is 3.42. The minimum absolute atomic E-state index is 0.00351. The molecule has 15 heavy (non-hydrogen) atoms. The van der Waals surface area contributed by atoms with E-state index in [1.54, 1.807) is 11.8 Å². The van der Waals surface area contributed by atoms with Gasteiger partial charge in [0.1, 0.15) is 6.10 Å². The Kier molecular flexibility index (Phi) is 5.26. The van der Waals surface area contributed by atoms with Crippen LogP contribution in [0.5, 0.6) is 0 Å². The lowest BCUT2D eigenvalue weighted by Gasteiger charge is -2.10. The number of ether oxygens (including phenoxy) is 1. The monoisotopic (exact) mass is 224 g/mol. The van der Waals surface area contributed by atoms with Crippen LogP contribution in [0.2, 0.25) is 0 Å². The number of benzene rings is 1. The van der Waals surface area contributed by atoms with Crippen LogP contribution in [-0.4, -0.2) is 17.8 Å². The van der Waals surface area contributed by atoms with Gasteiger partial charge in [0.05, 0.1) is 0 Å². The normalized spacial score (nSPS) is 12.1. The van der Waals surface area contributed by atoms with Crippen molar-refractivity contribution in [2.45, 2.75) is 25.7 Å². The van der Waals surface area contributed by atoms with Gasteiger partial charge in [0.2, 0.25) is 0 Å². The van der Waals surface area contributed by atoms with Crippen molar-refractivity contribution in [1.29, 1.82) is 0 Å². The molecule has 1 atom stereocenters. The summed E-state index contributed by atoms with van der Waals surface area (Å²) >= 11 is 1.78. The minimum atomic E-state index is -0.206. The Labute approximate surface area is 95.0 Å². The van der Waals surface area contributed by atoms with Gasteiger partial charge in [-0.3, -0.25) is 4.79 Å². The molecule has 1 rings (SSSR count). The highest BCUT2D eigenvalue weighted by Gasteiger charge is 2.04. The van der Waals surface area contributed by atoms with Gasteiger partial charge in [0.15, 0.2) is 0 Å². The van der Waals surface area contributed by atoms with E-state index in [1.165, 1.54) is 12.5 Å². The number of thioether (sulfide) groups is 1. The van der Waals surface area contributed by atoms with Crippen LogP contribution in [-0.2, 0) is 15.3 Å². The lowest BCUT2D eigenvalue weighted by atomic mass is 10.2. The molecule has 0 heterocycles. The summed E-state index contributed by atoms with van der Waals surface area (Å²) in [7, 11) is 0. The number of rotatable bonds is 5. The number of carbonyl (C=O) groups excluding carboxylic acids is 1. The third kappa shape index (κ3) is 5.47. The Balaban J connectivity index is 2.19. The molecule has 1 aromatic carbocycles. The number of carbonyl (C=O) groups is 1. The van der Waals surface area contributed by atoms with Gasteiger partial charge in [-0.25, -0.2) is 0 Å². The van der Waals surface area contributed by atoms with Crippen LogP contribution >= 0.6 is 11.8 Å². The Morgan fingerprint density at radius 2 is 2.07 bits per heavy atom. The topological polar surface area (TPSA) is 26.3 Å². The summed E-state index contributed by atoms with van der Waals surface area (Å²) in [6, 6.07) is 10.3. The molecule has 0 N–H and O–H groups in total. The average molecular weight is 224 g/mol. The molecule has 0 amide bonds. The summed E-state index contributed by atoms with van der Waals surface area (Å²) in [6.07, 6.45) is -0.00351. The maximum atomic E-state index is 10.7. The lowest BCUT2D eigenvalue weighted by molar-refractivity contribution is -0.144. The summed E-state index contributed by atoms with van der Waals surface area (Å²) in [4.78, 5) is 10.7. The third-order valence-electron chi connectivity index (χ3n) is 1.83. The van der Waals surface area contributed by atoms with E-state index in [4.69, 9.17) is 4.74 Å². The molecule has 0 spiro atoms. The van der Waals surface area contributed by atoms with Crippen LogP contribution in [0, 0.1) is 0 Å². The van der Waals surface area contributed by atoms with E-state index in [-0.39, 0.29) is 12.1 Å². The SMILES string of the molecule is CC(=O)OC(C)CSCc1ccccc1. The van der Waals surface area contributed by atoms with Crippen molar-refractivity contribution in [3.63, 3.8) is 0 Å². The van der Waals surface area contributed by atoms with E-state index in [9.17, 15) is 4.79 Å². The molecule has 0 fully saturated rings. The van der Waals surface area contributed by atoms with Crippen molar-refractivity contribution < 1.29 is 9.53 Å². The van der Waals surface area contributed by atoms with Crippen molar-refractivity contribution >= 4 is 17.7 Å². The van der Waals surface area contributed by atoms with Crippen molar-refractivity contribution in [2.75, 3.05) is 5.75 Å². The zero-order valence-electron chi connectivity index (χ0n) is 9.10. The molecular formula is C12H16O2S. The molecule has 0 saturated carbocycles. The second kappa shape index (κ2) is 6.51. The van der Waals surface area contributed by atoms with E-state index in [1.807, 2.05) is 25.1 Å². The van der Waals surface area contributed by atoms with Gasteiger partial charge in [0.25, 0.3) is 0 Å². The summed E-state index contributed by atoms with van der Waals surface area (Å²) in [5.41, 5.74) is 1.30. The zero-order chi connectivity index (χ0) is 11.1. The van der Waals surface area contributed by atoms with Crippen molar-refractivity contribution in [1.82, 2.24) is 0 Å². The second-order valence-corrected chi connectivity index (χ2v) is 4.45. The van der Waals surface area contributed by atoms with E-state index in [0.717, 1.165) is 11.5 Å². The molecule has 0 bridgehead atoms. The first kappa shape index (κ1) is 12.1. The fraction of sp³-hybridized carbons (Fsp3) is 0.417. The van der Waals surface area contributed by atoms with Gasteiger partial charge in [-0.15, -0.1) is 0 Å². The van der Waals surface area contributed by atoms with Gasteiger partial charge in [-0.2, -0.15) is 11.8 Å². The fourth-order valence-corrected chi connectivity index (χ4v) is 2.18. The number of hydrogen-bond acceptors (Lipinski definition) is 3. The third-order valence-corrected chi connectivity index (χ3v) is 3.07. The Morgan fingerprint density at radius 3 is 2.67 bits per heavy atom. The molecule has 2 nitrogen and oxygen atoms in total. The molecule has 82 valence electrons. The maximum absolute atomic E-state index is 10.7. The molecule has 3 heteroatoms. The van der Waals surface area contributed by atoms with Crippen molar-refractivity contribution in [3.8, 4) is 0 Å². The molecule has 0 aliphatic rings. The fourth-order valence-electron chi connectivity index (χ4n) is 1.23. The lowest BCUT2D eigenvalue weighted by Crippen LogP contribution is -2.14. The Hall–Kier alpha value is -0.960. The highest BCUT2D eigenvalue weighted by Crippen LogP contribution is 2.13. The van der Waals surface area contributed by atoms with Crippen LogP contribution in [0.1, 0.15) is 19.4 Å². The Bertz CT molecular complexity index is 298. The van der Waals surface area contributed by atoms with E-state index in [0.29, 0.717) is 0 Å². The van der Waals surface area contributed by atoms with E-state index in [2.05, 4.69) is 12.1 Å². The quantitative estimate of drug-likeness (QED) is 0.719. The highest BCUT2D eigenvalue weighted by atomic mass is 32.2. The van der Waals surface area contributed by atoms with Crippen LogP contribution in [0.3, 0.4) is 0 Å². The first-order chi connectivity index (χ1) is 7.18. The summed E-state index contributed by atoms with van der Waals surface area (Å²) < 4.78 is 5.03. The van der Waals surface area contributed by atoms with Crippen LogP contribution < -0.4 is 0 Å².